The van der Waals surface area contributed by atoms with Gasteiger partial charge in [-0.1, -0.05) is 30.3 Å². The fourth-order valence-electron chi connectivity index (χ4n) is 1.81. The molecule has 0 spiro atoms. The molecule has 3 heteroatoms. The van der Waals surface area contributed by atoms with E-state index in [1.165, 1.54) is 17.7 Å². The first-order chi connectivity index (χ1) is 9.29. The molecule has 2 rings (SSSR count). The maximum atomic E-state index is 12.8. The van der Waals surface area contributed by atoms with Crippen LogP contribution in [0.3, 0.4) is 0 Å². The molecule has 0 heterocycles. The Bertz CT molecular complexity index is 484. The number of halogens is 1. The van der Waals surface area contributed by atoms with Crippen molar-refractivity contribution in [3.63, 3.8) is 0 Å². The highest BCUT2D eigenvalue weighted by atomic mass is 32.2. The molecule has 0 bridgehead atoms. The molecule has 0 radical (unpaired) electrons. The van der Waals surface area contributed by atoms with Gasteiger partial charge in [0.1, 0.15) is 5.82 Å². The maximum Gasteiger partial charge on any atom is 0.123 e. The molecule has 0 aliphatic rings. The number of hydrogen-bond donors (Lipinski definition) is 0. The van der Waals surface area contributed by atoms with Crippen molar-refractivity contribution in [1.82, 2.24) is 0 Å². The predicted molar refractivity (Wildman–Crippen MR) is 77.9 cm³/mol. The van der Waals surface area contributed by atoms with E-state index in [0.29, 0.717) is 6.61 Å². The van der Waals surface area contributed by atoms with Gasteiger partial charge in [-0.15, -0.1) is 11.8 Å². The Morgan fingerprint density at radius 1 is 1.05 bits per heavy atom. The summed E-state index contributed by atoms with van der Waals surface area (Å²) in [4.78, 5) is 1.06. The quantitative estimate of drug-likeness (QED) is 0.707. The SMILES string of the molecule is CCOC(CSc1ccc(F)cc1)c1ccccc1. The Labute approximate surface area is 117 Å². The van der Waals surface area contributed by atoms with Gasteiger partial charge in [-0.3, -0.25) is 0 Å². The fraction of sp³-hybridized carbons (Fsp3) is 0.250. The van der Waals surface area contributed by atoms with E-state index in [1.807, 2.05) is 25.1 Å². The minimum absolute atomic E-state index is 0.0706. The van der Waals surface area contributed by atoms with E-state index in [0.717, 1.165) is 10.6 Å². The molecule has 2 aromatic carbocycles. The van der Waals surface area contributed by atoms with Gasteiger partial charge in [-0.25, -0.2) is 4.39 Å². The van der Waals surface area contributed by atoms with Crippen LogP contribution in [0.1, 0.15) is 18.6 Å². The summed E-state index contributed by atoms with van der Waals surface area (Å²) in [6, 6.07) is 16.8. The zero-order valence-corrected chi connectivity index (χ0v) is 11.7. The second-order valence-corrected chi connectivity index (χ2v) is 5.21. The molecule has 2 aromatic rings. The van der Waals surface area contributed by atoms with Crippen LogP contribution < -0.4 is 0 Å². The number of ether oxygens (including phenoxy) is 1. The molecule has 100 valence electrons. The van der Waals surface area contributed by atoms with E-state index < -0.39 is 0 Å². The lowest BCUT2D eigenvalue weighted by Gasteiger charge is -2.17. The lowest BCUT2D eigenvalue weighted by atomic mass is 10.1. The van der Waals surface area contributed by atoms with Gasteiger partial charge in [0.2, 0.25) is 0 Å². The average Bonchev–Trinajstić information content (AvgIpc) is 2.46. The van der Waals surface area contributed by atoms with Crippen molar-refractivity contribution in [3.8, 4) is 0 Å². The Hall–Kier alpha value is -1.32. The molecule has 1 unspecified atom stereocenters. The molecule has 0 aliphatic carbocycles. The summed E-state index contributed by atoms with van der Waals surface area (Å²) in [6.45, 7) is 2.68. The van der Waals surface area contributed by atoms with E-state index in [4.69, 9.17) is 4.74 Å². The van der Waals surface area contributed by atoms with E-state index in [-0.39, 0.29) is 11.9 Å². The predicted octanol–water partition coefficient (Wildman–Crippen LogP) is 4.70. The minimum Gasteiger partial charge on any atom is -0.373 e. The van der Waals surface area contributed by atoms with Gasteiger partial charge in [0, 0.05) is 17.3 Å². The third-order valence-electron chi connectivity index (χ3n) is 2.75. The zero-order valence-electron chi connectivity index (χ0n) is 10.9. The van der Waals surface area contributed by atoms with Crippen LogP contribution in [0.5, 0.6) is 0 Å². The van der Waals surface area contributed by atoms with Gasteiger partial charge in [-0.2, -0.15) is 0 Å². The summed E-state index contributed by atoms with van der Waals surface area (Å²) in [7, 11) is 0. The second-order valence-electron chi connectivity index (χ2n) is 4.12. The molecule has 19 heavy (non-hydrogen) atoms. The summed E-state index contributed by atoms with van der Waals surface area (Å²) < 4.78 is 18.6. The maximum absolute atomic E-state index is 12.8. The molecule has 1 atom stereocenters. The molecule has 1 nitrogen and oxygen atoms in total. The molecular weight excluding hydrogens is 259 g/mol. The van der Waals surface area contributed by atoms with Crippen LogP contribution in [-0.4, -0.2) is 12.4 Å². The van der Waals surface area contributed by atoms with Crippen molar-refractivity contribution >= 4 is 11.8 Å². The lowest BCUT2D eigenvalue weighted by Crippen LogP contribution is -2.06. The topological polar surface area (TPSA) is 9.23 Å². The van der Waals surface area contributed by atoms with Gasteiger partial charge in [0.25, 0.3) is 0 Å². The molecule has 0 aromatic heterocycles. The summed E-state index contributed by atoms with van der Waals surface area (Å²) in [5.41, 5.74) is 1.18. The van der Waals surface area contributed by atoms with Crippen LogP contribution in [0, 0.1) is 5.82 Å². The lowest BCUT2D eigenvalue weighted by molar-refractivity contribution is 0.0798. The zero-order chi connectivity index (χ0) is 13.5. The summed E-state index contributed by atoms with van der Waals surface area (Å²) >= 11 is 1.68. The molecule has 0 saturated carbocycles. The van der Waals surface area contributed by atoms with Crippen LogP contribution >= 0.6 is 11.8 Å². The van der Waals surface area contributed by atoms with Gasteiger partial charge >= 0.3 is 0 Å². The average molecular weight is 276 g/mol. The van der Waals surface area contributed by atoms with Gasteiger partial charge < -0.3 is 4.74 Å². The summed E-state index contributed by atoms with van der Waals surface area (Å²) in [5, 5.41) is 0. The third-order valence-corrected chi connectivity index (χ3v) is 3.83. The largest absolute Gasteiger partial charge is 0.373 e. The first kappa shape index (κ1) is 14.1. The normalized spacial score (nSPS) is 12.3. The number of thioether (sulfide) groups is 1. The van der Waals surface area contributed by atoms with Gasteiger partial charge in [0.15, 0.2) is 0 Å². The molecule has 0 amide bonds. The van der Waals surface area contributed by atoms with Crippen molar-refractivity contribution < 1.29 is 9.13 Å². The number of benzene rings is 2. The minimum atomic E-state index is -0.200. The van der Waals surface area contributed by atoms with Gasteiger partial charge in [0.05, 0.1) is 6.10 Å². The van der Waals surface area contributed by atoms with E-state index >= 15 is 0 Å². The van der Waals surface area contributed by atoms with Crippen molar-refractivity contribution in [2.24, 2.45) is 0 Å². The van der Waals surface area contributed by atoms with Crippen LogP contribution in [0.25, 0.3) is 0 Å². The monoisotopic (exact) mass is 276 g/mol. The number of rotatable bonds is 6. The standard InChI is InChI=1S/C16H17FOS/c1-2-18-16(13-6-4-3-5-7-13)12-19-15-10-8-14(17)9-11-15/h3-11,16H,2,12H2,1H3. The number of hydrogen-bond acceptors (Lipinski definition) is 2. The van der Waals surface area contributed by atoms with Crippen LogP contribution in [-0.2, 0) is 4.74 Å². The first-order valence-electron chi connectivity index (χ1n) is 6.34. The molecule has 0 fully saturated rings. The van der Waals surface area contributed by atoms with Crippen molar-refractivity contribution in [2.45, 2.75) is 17.9 Å². The molecule has 0 saturated heterocycles. The Kier molecular flexibility index (Phi) is 5.43. The first-order valence-corrected chi connectivity index (χ1v) is 7.33. The van der Waals surface area contributed by atoms with E-state index in [1.54, 1.807) is 23.9 Å². The van der Waals surface area contributed by atoms with Crippen molar-refractivity contribution in [3.05, 3.63) is 66.0 Å². The Morgan fingerprint density at radius 2 is 1.74 bits per heavy atom. The molecule has 0 aliphatic heterocycles. The van der Waals surface area contributed by atoms with Gasteiger partial charge in [-0.05, 0) is 36.8 Å². The molecular formula is C16H17FOS. The van der Waals surface area contributed by atoms with E-state index in [2.05, 4.69) is 12.1 Å². The van der Waals surface area contributed by atoms with Crippen molar-refractivity contribution in [1.29, 1.82) is 0 Å². The highest BCUT2D eigenvalue weighted by Crippen LogP contribution is 2.27. The highest BCUT2D eigenvalue weighted by molar-refractivity contribution is 7.99. The fourth-order valence-corrected chi connectivity index (χ4v) is 2.77. The third kappa shape index (κ3) is 4.37. The smallest absolute Gasteiger partial charge is 0.123 e. The van der Waals surface area contributed by atoms with E-state index in [9.17, 15) is 4.39 Å². The second kappa shape index (κ2) is 7.31. The van der Waals surface area contributed by atoms with Crippen LogP contribution in [0.4, 0.5) is 4.39 Å². The summed E-state index contributed by atoms with van der Waals surface area (Å²) in [5.74, 6) is 0.623. The molecule has 0 N–H and O–H groups in total. The van der Waals surface area contributed by atoms with Crippen LogP contribution in [0.15, 0.2) is 59.5 Å². The Morgan fingerprint density at radius 3 is 2.37 bits per heavy atom. The summed E-state index contributed by atoms with van der Waals surface area (Å²) in [6.07, 6.45) is 0.0706. The van der Waals surface area contributed by atoms with Crippen molar-refractivity contribution in [2.75, 3.05) is 12.4 Å². The van der Waals surface area contributed by atoms with Crippen LogP contribution in [0.2, 0.25) is 0 Å². The Balaban J connectivity index is 1.99. The highest BCUT2D eigenvalue weighted by Gasteiger charge is 2.11.